The van der Waals surface area contributed by atoms with Crippen molar-refractivity contribution in [2.24, 2.45) is 5.73 Å². The third kappa shape index (κ3) is 3.30. The fourth-order valence-electron chi connectivity index (χ4n) is 2.52. The fourth-order valence-corrected chi connectivity index (χ4v) is 2.97. The Kier molecular flexibility index (Phi) is 5.06. The van der Waals surface area contributed by atoms with Crippen LogP contribution in [0.5, 0.6) is 5.75 Å². The third-order valence-corrected chi connectivity index (χ3v) is 4.74. The molecule has 1 heterocycles. The van der Waals surface area contributed by atoms with Crippen molar-refractivity contribution in [1.29, 1.82) is 0 Å². The standard InChI is InChI=1S/C16H22BrN3O/c1-5-20-14(16(17)11(3)19-20)9-13(18)12-6-7-15(21-4)10(2)8-12/h6-8,13H,5,9,18H2,1-4H3. The van der Waals surface area contributed by atoms with E-state index in [1.807, 2.05) is 30.7 Å². The Labute approximate surface area is 134 Å². The second-order valence-electron chi connectivity index (χ2n) is 5.20. The van der Waals surface area contributed by atoms with E-state index in [9.17, 15) is 0 Å². The molecule has 5 heteroatoms. The zero-order chi connectivity index (χ0) is 15.6. The van der Waals surface area contributed by atoms with Gasteiger partial charge in [0.25, 0.3) is 0 Å². The van der Waals surface area contributed by atoms with Crippen molar-refractivity contribution in [2.75, 3.05) is 7.11 Å². The molecule has 0 radical (unpaired) electrons. The summed E-state index contributed by atoms with van der Waals surface area (Å²) in [5.74, 6) is 0.890. The highest BCUT2D eigenvalue weighted by atomic mass is 79.9. The second kappa shape index (κ2) is 6.62. The van der Waals surface area contributed by atoms with Crippen LogP contribution in [0.2, 0.25) is 0 Å². The monoisotopic (exact) mass is 351 g/mol. The average molecular weight is 352 g/mol. The predicted molar refractivity (Wildman–Crippen MR) is 88.7 cm³/mol. The lowest BCUT2D eigenvalue weighted by molar-refractivity contribution is 0.411. The minimum Gasteiger partial charge on any atom is -0.496 e. The van der Waals surface area contributed by atoms with Crippen LogP contribution in [0.1, 0.15) is 35.5 Å². The highest BCUT2D eigenvalue weighted by Gasteiger charge is 2.17. The maximum absolute atomic E-state index is 6.39. The summed E-state index contributed by atoms with van der Waals surface area (Å²) in [5.41, 5.74) is 10.8. The summed E-state index contributed by atoms with van der Waals surface area (Å²) in [6.07, 6.45) is 0.751. The summed E-state index contributed by atoms with van der Waals surface area (Å²) >= 11 is 3.62. The van der Waals surface area contributed by atoms with Gasteiger partial charge in [0.2, 0.25) is 0 Å². The normalized spacial score (nSPS) is 12.5. The molecule has 0 spiro atoms. The summed E-state index contributed by atoms with van der Waals surface area (Å²) in [6.45, 7) is 6.97. The molecule has 0 aliphatic heterocycles. The summed E-state index contributed by atoms with van der Waals surface area (Å²) in [7, 11) is 1.68. The molecule has 1 aromatic heterocycles. The number of aromatic nitrogens is 2. The van der Waals surface area contributed by atoms with Crippen molar-refractivity contribution in [3.8, 4) is 5.75 Å². The molecule has 114 valence electrons. The smallest absolute Gasteiger partial charge is 0.121 e. The molecule has 1 unspecified atom stereocenters. The molecule has 4 nitrogen and oxygen atoms in total. The van der Waals surface area contributed by atoms with Gasteiger partial charge < -0.3 is 10.5 Å². The Morgan fingerprint density at radius 3 is 2.67 bits per heavy atom. The molecule has 0 aliphatic rings. The van der Waals surface area contributed by atoms with Crippen LogP contribution in [-0.2, 0) is 13.0 Å². The summed E-state index contributed by atoms with van der Waals surface area (Å²) in [4.78, 5) is 0. The lowest BCUT2D eigenvalue weighted by Gasteiger charge is -2.15. The van der Waals surface area contributed by atoms with Gasteiger partial charge >= 0.3 is 0 Å². The first kappa shape index (κ1) is 16.0. The minimum absolute atomic E-state index is 0.0627. The molecule has 0 saturated carbocycles. The highest BCUT2D eigenvalue weighted by Crippen LogP contribution is 2.27. The molecule has 0 saturated heterocycles. The first-order chi connectivity index (χ1) is 9.97. The predicted octanol–water partition coefficient (Wildman–Crippen LogP) is 3.53. The van der Waals surface area contributed by atoms with Gasteiger partial charge in [0.15, 0.2) is 0 Å². The molecule has 0 bridgehead atoms. The van der Waals surface area contributed by atoms with Crippen molar-refractivity contribution in [3.63, 3.8) is 0 Å². The molecule has 0 fully saturated rings. The summed E-state index contributed by atoms with van der Waals surface area (Å²) in [6, 6.07) is 6.04. The van der Waals surface area contributed by atoms with Gasteiger partial charge in [0, 0.05) is 19.0 Å². The number of halogens is 1. The number of hydrogen-bond donors (Lipinski definition) is 1. The third-order valence-electron chi connectivity index (χ3n) is 3.71. The van der Waals surface area contributed by atoms with Gasteiger partial charge in [-0.2, -0.15) is 5.10 Å². The molecule has 1 aromatic carbocycles. The van der Waals surface area contributed by atoms with Crippen LogP contribution in [-0.4, -0.2) is 16.9 Å². The van der Waals surface area contributed by atoms with Crippen molar-refractivity contribution in [3.05, 3.63) is 45.2 Å². The Morgan fingerprint density at radius 1 is 1.38 bits per heavy atom. The topological polar surface area (TPSA) is 53.1 Å². The maximum atomic E-state index is 6.39. The second-order valence-corrected chi connectivity index (χ2v) is 5.99. The van der Waals surface area contributed by atoms with Gasteiger partial charge in [0.1, 0.15) is 5.75 Å². The van der Waals surface area contributed by atoms with Gasteiger partial charge in [-0.15, -0.1) is 0 Å². The number of ether oxygens (including phenoxy) is 1. The number of methoxy groups -OCH3 is 1. The molecule has 2 rings (SSSR count). The van der Waals surface area contributed by atoms with E-state index in [4.69, 9.17) is 10.5 Å². The van der Waals surface area contributed by atoms with E-state index in [1.165, 1.54) is 0 Å². The van der Waals surface area contributed by atoms with Crippen LogP contribution in [0, 0.1) is 13.8 Å². The first-order valence-corrected chi connectivity index (χ1v) is 7.89. The van der Waals surface area contributed by atoms with Crippen molar-refractivity contribution >= 4 is 15.9 Å². The minimum atomic E-state index is -0.0627. The van der Waals surface area contributed by atoms with Gasteiger partial charge in [-0.05, 0) is 53.9 Å². The summed E-state index contributed by atoms with van der Waals surface area (Å²) < 4.78 is 8.36. The van der Waals surface area contributed by atoms with Crippen LogP contribution in [0.4, 0.5) is 0 Å². The van der Waals surface area contributed by atoms with E-state index in [1.54, 1.807) is 7.11 Å². The van der Waals surface area contributed by atoms with Gasteiger partial charge in [0.05, 0.1) is 23.0 Å². The fraction of sp³-hybridized carbons (Fsp3) is 0.438. The van der Waals surface area contributed by atoms with Crippen LogP contribution < -0.4 is 10.5 Å². The molecular formula is C16H22BrN3O. The van der Waals surface area contributed by atoms with Crippen LogP contribution in [0.25, 0.3) is 0 Å². The average Bonchev–Trinajstić information content (AvgIpc) is 2.74. The van der Waals surface area contributed by atoms with Crippen molar-refractivity contribution in [1.82, 2.24) is 9.78 Å². The number of nitrogens with two attached hydrogens (primary N) is 1. The van der Waals surface area contributed by atoms with E-state index in [2.05, 4.69) is 34.0 Å². The first-order valence-electron chi connectivity index (χ1n) is 7.09. The van der Waals surface area contributed by atoms with E-state index < -0.39 is 0 Å². The molecule has 2 N–H and O–H groups in total. The Hall–Kier alpha value is -1.33. The van der Waals surface area contributed by atoms with Crippen molar-refractivity contribution < 1.29 is 4.74 Å². The van der Waals surface area contributed by atoms with E-state index in [-0.39, 0.29) is 6.04 Å². The Bertz CT molecular complexity index is 637. The summed E-state index contributed by atoms with van der Waals surface area (Å²) in [5, 5.41) is 4.51. The zero-order valence-electron chi connectivity index (χ0n) is 13.0. The Balaban J connectivity index is 2.25. The molecule has 0 aliphatic carbocycles. The lowest BCUT2D eigenvalue weighted by atomic mass is 10.0. The SMILES string of the molecule is CCn1nc(C)c(Br)c1CC(N)c1ccc(OC)c(C)c1. The molecule has 2 aromatic rings. The number of nitrogens with zero attached hydrogens (tertiary/aromatic N) is 2. The number of aryl methyl sites for hydroxylation is 3. The van der Waals surface area contributed by atoms with Crippen molar-refractivity contribution in [2.45, 2.75) is 39.8 Å². The molecule has 21 heavy (non-hydrogen) atoms. The van der Waals surface area contributed by atoms with Crippen LogP contribution >= 0.6 is 15.9 Å². The van der Waals surface area contributed by atoms with Gasteiger partial charge in [-0.1, -0.05) is 12.1 Å². The lowest BCUT2D eigenvalue weighted by Crippen LogP contribution is -2.16. The molecule has 0 amide bonds. The highest BCUT2D eigenvalue weighted by molar-refractivity contribution is 9.10. The maximum Gasteiger partial charge on any atom is 0.121 e. The zero-order valence-corrected chi connectivity index (χ0v) is 14.6. The van der Waals surface area contributed by atoms with Crippen LogP contribution in [0.15, 0.2) is 22.7 Å². The molecular weight excluding hydrogens is 330 g/mol. The largest absolute Gasteiger partial charge is 0.496 e. The number of rotatable bonds is 5. The number of benzene rings is 1. The molecule has 1 atom stereocenters. The van der Waals surface area contributed by atoms with E-state index in [0.29, 0.717) is 0 Å². The number of hydrogen-bond acceptors (Lipinski definition) is 3. The van der Waals surface area contributed by atoms with Gasteiger partial charge in [-0.25, -0.2) is 0 Å². The van der Waals surface area contributed by atoms with Crippen LogP contribution in [0.3, 0.4) is 0 Å². The quantitative estimate of drug-likeness (QED) is 0.896. The van der Waals surface area contributed by atoms with E-state index in [0.717, 1.165) is 45.7 Å². The van der Waals surface area contributed by atoms with Gasteiger partial charge in [-0.3, -0.25) is 4.68 Å². The Morgan fingerprint density at radius 2 is 2.10 bits per heavy atom. The van der Waals surface area contributed by atoms with E-state index >= 15 is 0 Å².